The van der Waals surface area contributed by atoms with E-state index in [1.165, 1.54) is 0 Å². The van der Waals surface area contributed by atoms with Gasteiger partial charge in [-0.2, -0.15) is 0 Å². The molecule has 0 saturated carbocycles. The van der Waals surface area contributed by atoms with Gasteiger partial charge in [-0.1, -0.05) is 26.0 Å². The number of carbonyl (C=O) groups is 2. The lowest BCUT2D eigenvalue weighted by Crippen LogP contribution is -2.58. The molecule has 2 saturated heterocycles. The van der Waals surface area contributed by atoms with Crippen molar-refractivity contribution in [1.29, 1.82) is 0 Å². The van der Waals surface area contributed by atoms with E-state index < -0.39 is 0 Å². The van der Waals surface area contributed by atoms with Gasteiger partial charge in [0.15, 0.2) is 0 Å². The number of likely N-dealkylation sites (tertiary alicyclic amines) is 1. The monoisotopic (exact) mass is 361 g/mol. The van der Waals surface area contributed by atoms with Gasteiger partial charge in [-0.05, 0) is 44.6 Å². The molecule has 0 bridgehead atoms. The highest BCUT2D eigenvalue weighted by Crippen LogP contribution is 2.37. The molecular formula is C21H35N3O2. The number of carbonyl (C=O) groups excluding carboxylic acids is 2. The molecular weight excluding hydrogens is 326 g/mol. The summed E-state index contributed by atoms with van der Waals surface area (Å²) in [5.41, 5.74) is -0.200. The lowest BCUT2D eigenvalue weighted by molar-refractivity contribution is -0.141. The second kappa shape index (κ2) is 9.36. The van der Waals surface area contributed by atoms with E-state index in [4.69, 9.17) is 0 Å². The summed E-state index contributed by atoms with van der Waals surface area (Å²) < 4.78 is 0. The molecule has 1 N–H and O–H groups in total. The Labute approximate surface area is 158 Å². The predicted molar refractivity (Wildman–Crippen MR) is 106 cm³/mol. The van der Waals surface area contributed by atoms with Gasteiger partial charge in [0.25, 0.3) is 0 Å². The van der Waals surface area contributed by atoms with Gasteiger partial charge in [0, 0.05) is 25.2 Å². The number of hydrogen-bond donors (Lipinski definition) is 1. The summed E-state index contributed by atoms with van der Waals surface area (Å²) in [5.74, 6) is 0.663. The fourth-order valence-corrected chi connectivity index (χ4v) is 4.32. The summed E-state index contributed by atoms with van der Waals surface area (Å²) in [5, 5.41) is 2.93. The van der Waals surface area contributed by atoms with Gasteiger partial charge in [-0.3, -0.25) is 14.5 Å². The van der Waals surface area contributed by atoms with Crippen LogP contribution in [0.3, 0.4) is 0 Å². The van der Waals surface area contributed by atoms with E-state index in [0.29, 0.717) is 12.5 Å². The summed E-state index contributed by atoms with van der Waals surface area (Å²) in [6, 6.07) is -0.347. The standard InChI is InChI=1S/C21H35N3O2/c1-5-9-21(10-6-2)11-7-13-24(21)19(25)16-18-20(26)22-12-15-23(18)14-8-17(3)4/h5-6,17-18H,1-2,7-16H2,3-4H3,(H,22,26)/t18-/m1/s1. The van der Waals surface area contributed by atoms with Crippen molar-refractivity contribution in [2.45, 2.75) is 64.0 Å². The minimum Gasteiger partial charge on any atom is -0.353 e. The fourth-order valence-electron chi connectivity index (χ4n) is 4.32. The van der Waals surface area contributed by atoms with E-state index >= 15 is 0 Å². The van der Waals surface area contributed by atoms with Crippen LogP contribution in [0.1, 0.15) is 52.4 Å². The maximum absolute atomic E-state index is 13.2. The number of amides is 2. The van der Waals surface area contributed by atoms with Crippen molar-refractivity contribution < 1.29 is 9.59 Å². The second-order valence-electron chi connectivity index (χ2n) is 8.09. The van der Waals surface area contributed by atoms with Crippen LogP contribution in [0.2, 0.25) is 0 Å². The predicted octanol–water partition coefficient (Wildman–Crippen LogP) is 2.74. The van der Waals surface area contributed by atoms with Gasteiger partial charge >= 0.3 is 0 Å². The molecule has 2 heterocycles. The molecule has 2 rings (SSSR count). The maximum atomic E-state index is 13.2. The van der Waals surface area contributed by atoms with Gasteiger partial charge in [-0.25, -0.2) is 0 Å². The van der Waals surface area contributed by atoms with Crippen LogP contribution in [0.4, 0.5) is 0 Å². The van der Waals surface area contributed by atoms with Gasteiger partial charge in [-0.15, -0.1) is 13.2 Å². The van der Waals surface area contributed by atoms with Crippen LogP contribution in [0.5, 0.6) is 0 Å². The van der Waals surface area contributed by atoms with Crippen molar-refractivity contribution in [3.8, 4) is 0 Å². The second-order valence-corrected chi connectivity index (χ2v) is 8.09. The molecule has 2 amide bonds. The molecule has 5 heteroatoms. The van der Waals surface area contributed by atoms with E-state index in [9.17, 15) is 9.59 Å². The fraction of sp³-hybridized carbons (Fsp3) is 0.714. The molecule has 0 aromatic heterocycles. The lowest BCUT2D eigenvalue weighted by atomic mass is 9.87. The molecule has 26 heavy (non-hydrogen) atoms. The van der Waals surface area contributed by atoms with E-state index in [1.807, 2.05) is 17.1 Å². The number of hydrogen-bond acceptors (Lipinski definition) is 3. The normalized spacial score (nSPS) is 23.1. The number of nitrogens with one attached hydrogen (secondary N) is 1. The highest BCUT2D eigenvalue weighted by molar-refractivity contribution is 5.89. The Bertz CT molecular complexity index is 519. The first-order chi connectivity index (χ1) is 12.4. The number of piperazine rings is 1. The minimum atomic E-state index is -0.347. The summed E-state index contributed by atoms with van der Waals surface area (Å²) in [6.07, 6.45) is 8.64. The Balaban J connectivity index is 2.10. The molecule has 1 atom stereocenters. The zero-order chi connectivity index (χ0) is 19.2. The Morgan fingerprint density at radius 1 is 1.31 bits per heavy atom. The molecule has 0 aromatic rings. The quantitative estimate of drug-likeness (QED) is 0.643. The largest absolute Gasteiger partial charge is 0.353 e. The van der Waals surface area contributed by atoms with Crippen molar-refractivity contribution in [2.75, 3.05) is 26.2 Å². The SMILES string of the molecule is C=CCC1(CC=C)CCCN1C(=O)C[C@@H]1C(=O)NCCN1CCC(C)C. The van der Waals surface area contributed by atoms with Gasteiger partial charge in [0.1, 0.15) is 0 Å². The average Bonchev–Trinajstić information content (AvgIpc) is 2.99. The molecule has 0 aliphatic carbocycles. The van der Waals surface area contributed by atoms with Crippen molar-refractivity contribution in [1.82, 2.24) is 15.1 Å². The summed E-state index contributed by atoms with van der Waals surface area (Å²) in [6.45, 7) is 15.3. The Morgan fingerprint density at radius 2 is 2.00 bits per heavy atom. The highest BCUT2D eigenvalue weighted by atomic mass is 16.2. The number of nitrogens with zero attached hydrogens (tertiary/aromatic N) is 2. The third-order valence-electron chi connectivity index (χ3n) is 5.75. The van der Waals surface area contributed by atoms with E-state index in [0.717, 1.165) is 51.7 Å². The van der Waals surface area contributed by atoms with Crippen LogP contribution < -0.4 is 5.32 Å². The van der Waals surface area contributed by atoms with Crippen LogP contribution in [0.15, 0.2) is 25.3 Å². The molecule has 2 aliphatic rings. The summed E-state index contributed by atoms with van der Waals surface area (Å²) in [7, 11) is 0. The van der Waals surface area contributed by atoms with E-state index in [1.54, 1.807) is 0 Å². The molecule has 0 radical (unpaired) electrons. The zero-order valence-electron chi connectivity index (χ0n) is 16.5. The van der Waals surface area contributed by atoms with E-state index in [-0.39, 0.29) is 29.8 Å². The molecule has 0 aromatic carbocycles. The molecule has 2 aliphatic heterocycles. The van der Waals surface area contributed by atoms with Crippen LogP contribution in [0.25, 0.3) is 0 Å². The third-order valence-corrected chi connectivity index (χ3v) is 5.75. The van der Waals surface area contributed by atoms with E-state index in [2.05, 4.69) is 37.2 Å². The number of rotatable bonds is 9. The maximum Gasteiger partial charge on any atom is 0.237 e. The van der Waals surface area contributed by atoms with Crippen molar-refractivity contribution in [3.63, 3.8) is 0 Å². The molecule has 2 fully saturated rings. The van der Waals surface area contributed by atoms with Crippen LogP contribution >= 0.6 is 0 Å². The van der Waals surface area contributed by atoms with Gasteiger partial charge in [0.05, 0.1) is 12.5 Å². The first-order valence-corrected chi connectivity index (χ1v) is 9.97. The van der Waals surface area contributed by atoms with Gasteiger partial charge < -0.3 is 10.2 Å². The van der Waals surface area contributed by atoms with Gasteiger partial charge in [0.2, 0.25) is 11.8 Å². The van der Waals surface area contributed by atoms with Crippen LogP contribution in [-0.4, -0.2) is 59.4 Å². The molecule has 0 spiro atoms. The zero-order valence-corrected chi connectivity index (χ0v) is 16.5. The topological polar surface area (TPSA) is 52.7 Å². The van der Waals surface area contributed by atoms with Crippen LogP contribution in [0, 0.1) is 5.92 Å². The first kappa shape index (κ1) is 20.7. The Hall–Kier alpha value is -1.62. The summed E-state index contributed by atoms with van der Waals surface area (Å²) >= 11 is 0. The van der Waals surface area contributed by atoms with Crippen molar-refractivity contribution >= 4 is 11.8 Å². The average molecular weight is 362 g/mol. The Kier molecular flexibility index (Phi) is 7.44. The molecule has 5 nitrogen and oxygen atoms in total. The first-order valence-electron chi connectivity index (χ1n) is 9.97. The van der Waals surface area contributed by atoms with Crippen LogP contribution in [-0.2, 0) is 9.59 Å². The highest BCUT2D eigenvalue weighted by Gasteiger charge is 2.43. The smallest absolute Gasteiger partial charge is 0.237 e. The molecule has 0 unspecified atom stereocenters. The lowest BCUT2D eigenvalue weighted by Gasteiger charge is -2.40. The Morgan fingerprint density at radius 3 is 2.62 bits per heavy atom. The minimum absolute atomic E-state index is 0.00871. The van der Waals surface area contributed by atoms with Crippen molar-refractivity contribution in [3.05, 3.63) is 25.3 Å². The summed E-state index contributed by atoms with van der Waals surface area (Å²) in [4.78, 5) is 29.8. The van der Waals surface area contributed by atoms with Crippen molar-refractivity contribution in [2.24, 2.45) is 5.92 Å². The third kappa shape index (κ3) is 4.76. The molecule has 146 valence electrons.